The van der Waals surface area contributed by atoms with E-state index in [0.29, 0.717) is 5.92 Å². The molecule has 16 heavy (non-hydrogen) atoms. The molecular weight excluding hydrogens is 196 g/mol. The quantitative estimate of drug-likeness (QED) is 0.725. The molecule has 1 N–H and O–H groups in total. The number of aliphatic hydroxyl groups is 1. The Morgan fingerprint density at radius 3 is 2.06 bits per heavy atom. The van der Waals surface area contributed by atoms with Crippen LogP contribution in [0.3, 0.4) is 0 Å². The molecule has 0 radical (unpaired) electrons. The molecule has 0 aromatic heterocycles. The minimum Gasteiger partial charge on any atom is -0.388 e. The Bertz CT molecular complexity index is 262. The van der Waals surface area contributed by atoms with E-state index in [1.807, 2.05) is 30.3 Å². The third kappa shape index (κ3) is 4.36. The second kappa shape index (κ2) is 7.45. The van der Waals surface area contributed by atoms with Gasteiger partial charge in [0, 0.05) is 0 Å². The first-order chi connectivity index (χ1) is 7.77. The van der Waals surface area contributed by atoms with Crippen molar-refractivity contribution in [1.29, 1.82) is 0 Å². The molecule has 0 bridgehead atoms. The molecule has 1 rings (SSSR count). The molecule has 0 aliphatic heterocycles. The van der Waals surface area contributed by atoms with Crippen LogP contribution in [0, 0.1) is 5.92 Å². The summed E-state index contributed by atoms with van der Waals surface area (Å²) in [7, 11) is 0. The largest absolute Gasteiger partial charge is 0.388 e. The average Bonchev–Trinajstić information content (AvgIpc) is 2.31. The summed E-state index contributed by atoms with van der Waals surface area (Å²) in [6.07, 6.45) is 5.52. The highest BCUT2D eigenvalue weighted by molar-refractivity contribution is 5.17. The van der Waals surface area contributed by atoms with Gasteiger partial charge in [0.15, 0.2) is 0 Å². The van der Waals surface area contributed by atoms with E-state index in [2.05, 4.69) is 13.8 Å². The molecule has 1 nitrogen and oxygen atoms in total. The first kappa shape index (κ1) is 13.2. The molecule has 1 aromatic carbocycles. The van der Waals surface area contributed by atoms with E-state index >= 15 is 0 Å². The fraction of sp³-hybridized carbons (Fsp3) is 0.600. The molecule has 0 aliphatic carbocycles. The molecule has 1 heteroatoms. The standard InChI is InChI=1S/C15H24O/c1-3-8-13(9-4-2)12-15(16)14-10-6-5-7-11-14/h5-7,10-11,13,15-16H,3-4,8-9,12H2,1-2H3. The van der Waals surface area contributed by atoms with Crippen LogP contribution in [-0.2, 0) is 0 Å². The second-order valence-corrected chi connectivity index (χ2v) is 4.61. The van der Waals surface area contributed by atoms with E-state index < -0.39 is 0 Å². The summed E-state index contributed by atoms with van der Waals surface area (Å²) in [5, 5.41) is 10.1. The van der Waals surface area contributed by atoms with Crippen LogP contribution < -0.4 is 0 Å². The van der Waals surface area contributed by atoms with Crippen molar-refractivity contribution in [2.75, 3.05) is 0 Å². The van der Waals surface area contributed by atoms with Crippen LogP contribution in [0.4, 0.5) is 0 Å². The maximum Gasteiger partial charge on any atom is 0.0792 e. The molecule has 0 aliphatic rings. The fourth-order valence-corrected chi connectivity index (χ4v) is 2.32. The summed E-state index contributed by atoms with van der Waals surface area (Å²) in [5.74, 6) is 0.671. The second-order valence-electron chi connectivity index (χ2n) is 4.61. The van der Waals surface area contributed by atoms with Crippen molar-refractivity contribution >= 4 is 0 Å². The van der Waals surface area contributed by atoms with Crippen LogP contribution in [0.1, 0.15) is 57.6 Å². The van der Waals surface area contributed by atoms with Gasteiger partial charge < -0.3 is 5.11 Å². The highest BCUT2D eigenvalue weighted by Crippen LogP contribution is 2.26. The van der Waals surface area contributed by atoms with Gasteiger partial charge >= 0.3 is 0 Å². The highest BCUT2D eigenvalue weighted by Gasteiger charge is 2.14. The molecule has 0 spiro atoms. The smallest absolute Gasteiger partial charge is 0.0792 e. The number of rotatable bonds is 7. The van der Waals surface area contributed by atoms with Gasteiger partial charge in [-0.05, 0) is 17.9 Å². The van der Waals surface area contributed by atoms with E-state index in [4.69, 9.17) is 0 Å². The normalized spacial score (nSPS) is 13.0. The molecule has 0 fully saturated rings. The predicted molar refractivity (Wildman–Crippen MR) is 69.3 cm³/mol. The highest BCUT2D eigenvalue weighted by atomic mass is 16.3. The molecule has 0 saturated carbocycles. The number of aliphatic hydroxyl groups excluding tert-OH is 1. The van der Waals surface area contributed by atoms with Crippen molar-refractivity contribution in [3.63, 3.8) is 0 Å². The van der Waals surface area contributed by atoms with Gasteiger partial charge in [-0.15, -0.1) is 0 Å². The van der Waals surface area contributed by atoms with E-state index in [9.17, 15) is 5.11 Å². The summed E-state index contributed by atoms with van der Waals surface area (Å²) in [6, 6.07) is 10.0. The van der Waals surface area contributed by atoms with Crippen LogP contribution in [-0.4, -0.2) is 5.11 Å². The Balaban J connectivity index is 2.50. The molecule has 90 valence electrons. The summed E-state index contributed by atoms with van der Waals surface area (Å²) < 4.78 is 0. The van der Waals surface area contributed by atoms with Gasteiger partial charge in [0.1, 0.15) is 0 Å². The first-order valence-corrected chi connectivity index (χ1v) is 6.50. The van der Waals surface area contributed by atoms with E-state index in [1.54, 1.807) is 0 Å². The van der Waals surface area contributed by atoms with Crippen molar-refractivity contribution in [3.8, 4) is 0 Å². The van der Waals surface area contributed by atoms with Gasteiger partial charge in [-0.25, -0.2) is 0 Å². The SMILES string of the molecule is CCCC(CCC)CC(O)c1ccccc1. The van der Waals surface area contributed by atoms with Crippen LogP contribution in [0.5, 0.6) is 0 Å². The Kier molecular flexibility index (Phi) is 6.17. The summed E-state index contributed by atoms with van der Waals surface area (Å²) in [4.78, 5) is 0. The molecule has 1 unspecified atom stereocenters. The number of hydrogen-bond acceptors (Lipinski definition) is 1. The van der Waals surface area contributed by atoms with Gasteiger partial charge in [0.25, 0.3) is 0 Å². The van der Waals surface area contributed by atoms with Crippen LogP contribution in [0.25, 0.3) is 0 Å². The first-order valence-electron chi connectivity index (χ1n) is 6.50. The van der Waals surface area contributed by atoms with Gasteiger partial charge in [-0.2, -0.15) is 0 Å². The van der Waals surface area contributed by atoms with Crippen LogP contribution >= 0.6 is 0 Å². The van der Waals surface area contributed by atoms with Gasteiger partial charge in [-0.3, -0.25) is 0 Å². The topological polar surface area (TPSA) is 20.2 Å². The van der Waals surface area contributed by atoms with Crippen molar-refractivity contribution in [1.82, 2.24) is 0 Å². The lowest BCUT2D eigenvalue weighted by atomic mass is 9.90. The molecule has 1 aromatic rings. The van der Waals surface area contributed by atoms with Gasteiger partial charge in [0.2, 0.25) is 0 Å². The van der Waals surface area contributed by atoms with Crippen LogP contribution in [0.2, 0.25) is 0 Å². The third-order valence-corrected chi connectivity index (χ3v) is 3.13. The zero-order valence-corrected chi connectivity index (χ0v) is 10.5. The van der Waals surface area contributed by atoms with E-state index in [1.165, 1.54) is 25.7 Å². The summed E-state index contributed by atoms with van der Waals surface area (Å²) in [6.45, 7) is 4.44. The van der Waals surface area contributed by atoms with Crippen molar-refractivity contribution in [2.45, 2.75) is 52.1 Å². The summed E-state index contributed by atoms with van der Waals surface area (Å²) in [5.41, 5.74) is 1.06. The molecule has 0 saturated heterocycles. The number of hydrogen-bond donors (Lipinski definition) is 1. The minimum atomic E-state index is -0.288. The lowest BCUT2D eigenvalue weighted by Crippen LogP contribution is -2.07. The maximum atomic E-state index is 10.1. The lowest BCUT2D eigenvalue weighted by molar-refractivity contribution is 0.138. The molecule has 0 amide bonds. The molecule has 1 atom stereocenters. The molecule has 0 heterocycles. The lowest BCUT2D eigenvalue weighted by Gasteiger charge is -2.19. The Morgan fingerprint density at radius 2 is 1.56 bits per heavy atom. The summed E-state index contributed by atoms with van der Waals surface area (Å²) >= 11 is 0. The maximum absolute atomic E-state index is 10.1. The average molecular weight is 220 g/mol. The van der Waals surface area contributed by atoms with Crippen molar-refractivity contribution in [3.05, 3.63) is 35.9 Å². The Hall–Kier alpha value is -0.820. The third-order valence-electron chi connectivity index (χ3n) is 3.13. The van der Waals surface area contributed by atoms with E-state index in [-0.39, 0.29) is 6.10 Å². The molecular formula is C15H24O. The van der Waals surface area contributed by atoms with Gasteiger partial charge in [-0.1, -0.05) is 69.9 Å². The zero-order valence-electron chi connectivity index (χ0n) is 10.5. The van der Waals surface area contributed by atoms with Crippen LogP contribution in [0.15, 0.2) is 30.3 Å². The zero-order chi connectivity index (χ0) is 11.8. The Morgan fingerprint density at radius 1 is 1.00 bits per heavy atom. The van der Waals surface area contributed by atoms with Gasteiger partial charge in [0.05, 0.1) is 6.10 Å². The Labute approximate surface area is 99.5 Å². The number of benzene rings is 1. The van der Waals surface area contributed by atoms with E-state index in [0.717, 1.165) is 12.0 Å². The fourth-order valence-electron chi connectivity index (χ4n) is 2.32. The monoisotopic (exact) mass is 220 g/mol. The predicted octanol–water partition coefficient (Wildman–Crippen LogP) is 4.33. The minimum absolute atomic E-state index is 0.288. The van der Waals surface area contributed by atoms with Crippen molar-refractivity contribution < 1.29 is 5.11 Å². The van der Waals surface area contributed by atoms with Crippen molar-refractivity contribution in [2.24, 2.45) is 5.92 Å².